The maximum Gasteiger partial charge on any atom is 0.317 e. The first-order valence-electron chi connectivity index (χ1n) is 11.1. The van der Waals surface area contributed by atoms with Crippen LogP contribution in [0.4, 0.5) is 4.79 Å². The van der Waals surface area contributed by atoms with Gasteiger partial charge in [0.15, 0.2) is 0 Å². The summed E-state index contributed by atoms with van der Waals surface area (Å²) in [4.78, 5) is 17.0. The van der Waals surface area contributed by atoms with Gasteiger partial charge in [-0.1, -0.05) is 24.0 Å². The van der Waals surface area contributed by atoms with Gasteiger partial charge >= 0.3 is 6.03 Å². The summed E-state index contributed by atoms with van der Waals surface area (Å²) in [5.74, 6) is 7.44. The number of fused-ring (bicyclic) bond motifs is 1. The number of nitrogens with zero attached hydrogens (tertiary/aromatic N) is 2. The van der Waals surface area contributed by atoms with Gasteiger partial charge in [-0.3, -0.25) is 4.90 Å². The number of amides is 2. The summed E-state index contributed by atoms with van der Waals surface area (Å²) >= 11 is 0. The average molecular weight is 396 g/mol. The van der Waals surface area contributed by atoms with Gasteiger partial charge in [-0.25, -0.2) is 4.79 Å². The Hall–Kier alpha value is -2.03. The van der Waals surface area contributed by atoms with Gasteiger partial charge in [0.25, 0.3) is 0 Å². The highest BCUT2D eigenvalue weighted by atomic mass is 16.3. The molecule has 2 N–H and O–H groups in total. The fourth-order valence-electron chi connectivity index (χ4n) is 4.66. The summed E-state index contributed by atoms with van der Waals surface area (Å²) in [6.07, 6.45) is 4.54. The van der Waals surface area contributed by atoms with E-state index in [0.717, 1.165) is 31.5 Å². The largest absolute Gasteiger partial charge is 0.395 e. The maximum atomic E-state index is 12.7. The summed E-state index contributed by atoms with van der Waals surface area (Å²) < 4.78 is 0. The quantitative estimate of drug-likeness (QED) is 0.774. The molecular formula is C24H33N3O2. The second-order valence-electron chi connectivity index (χ2n) is 9.00. The van der Waals surface area contributed by atoms with E-state index in [9.17, 15) is 9.90 Å². The standard InChI is InChI=1S/C24H33N3O2/c1-17(2)25-24(29)26-13-3-4-14-27-21(15-26)23(22(27)16-28)20-11-9-19(10-12-20)8-7-18-5-6-18/h9-12,17-18,21-23,28H,3-6,13-16H2,1-2H3,(H,25,29)/t21-,22+,23-/m1/s1. The van der Waals surface area contributed by atoms with Gasteiger partial charge < -0.3 is 15.3 Å². The zero-order chi connectivity index (χ0) is 20.4. The Morgan fingerprint density at radius 1 is 1.21 bits per heavy atom. The van der Waals surface area contributed by atoms with Crippen LogP contribution < -0.4 is 5.32 Å². The Morgan fingerprint density at radius 3 is 2.59 bits per heavy atom. The van der Waals surface area contributed by atoms with Crippen LogP contribution in [0.25, 0.3) is 0 Å². The third kappa shape index (κ3) is 4.60. The number of aliphatic hydroxyl groups is 1. The number of hydrogen-bond acceptors (Lipinski definition) is 3. The minimum atomic E-state index is 0.0266. The Kier molecular flexibility index (Phi) is 6.12. The van der Waals surface area contributed by atoms with Crippen molar-refractivity contribution in [2.24, 2.45) is 5.92 Å². The zero-order valence-corrected chi connectivity index (χ0v) is 17.6. The summed E-state index contributed by atoms with van der Waals surface area (Å²) in [5, 5.41) is 13.1. The minimum absolute atomic E-state index is 0.0266. The first-order chi connectivity index (χ1) is 14.1. The van der Waals surface area contributed by atoms with E-state index < -0.39 is 0 Å². The number of rotatable bonds is 3. The number of carbonyl (C=O) groups is 1. The van der Waals surface area contributed by atoms with Crippen LogP contribution in [0.1, 0.15) is 56.6 Å². The molecule has 0 aromatic heterocycles. The van der Waals surface area contributed by atoms with Crippen molar-refractivity contribution in [3.8, 4) is 11.8 Å². The van der Waals surface area contributed by atoms with Crippen molar-refractivity contribution >= 4 is 6.03 Å². The fraction of sp³-hybridized carbons (Fsp3) is 0.625. The number of carbonyl (C=O) groups excluding carboxylic acids is 1. The number of urea groups is 1. The van der Waals surface area contributed by atoms with E-state index in [4.69, 9.17) is 0 Å². The highest BCUT2D eigenvalue weighted by Crippen LogP contribution is 2.42. The van der Waals surface area contributed by atoms with Crippen molar-refractivity contribution in [2.75, 3.05) is 26.2 Å². The normalized spacial score (nSPS) is 27.2. The zero-order valence-electron chi connectivity index (χ0n) is 17.6. The number of benzene rings is 1. The van der Waals surface area contributed by atoms with Crippen molar-refractivity contribution in [3.63, 3.8) is 0 Å². The molecule has 0 spiro atoms. The van der Waals surface area contributed by atoms with Crippen molar-refractivity contribution < 1.29 is 9.90 Å². The van der Waals surface area contributed by atoms with E-state index in [2.05, 4.69) is 46.3 Å². The molecule has 1 aromatic rings. The number of hydrogen-bond donors (Lipinski definition) is 2. The topological polar surface area (TPSA) is 55.8 Å². The van der Waals surface area contributed by atoms with Crippen LogP contribution in [-0.4, -0.2) is 65.3 Å². The van der Waals surface area contributed by atoms with E-state index >= 15 is 0 Å². The smallest absolute Gasteiger partial charge is 0.317 e. The molecule has 2 saturated heterocycles. The average Bonchev–Trinajstić information content (AvgIpc) is 3.50. The second kappa shape index (κ2) is 8.77. The molecule has 1 aliphatic carbocycles. The Balaban J connectivity index is 1.50. The van der Waals surface area contributed by atoms with Gasteiger partial charge in [0.05, 0.1) is 6.61 Å². The van der Waals surface area contributed by atoms with Crippen LogP contribution in [0.5, 0.6) is 0 Å². The van der Waals surface area contributed by atoms with E-state index in [-0.39, 0.29) is 36.7 Å². The van der Waals surface area contributed by atoms with E-state index in [1.54, 1.807) is 0 Å². The lowest BCUT2D eigenvalue weighted by molar-refractivity contribution is -0.0591. The van der Waals surface area contributed by atoms with Crippen LogP contribution in [0.15, 0.2) is 24.3 Å². The van der Waals surface area contributed by atoms with Gasteiger partial charge in [0.1, 0.15) is 0 Å². The van der Waals surface area contributed by atoms with Crippen LogP contribution in [0, 0.1) is 17.8 Å². The third-order valence-electron chi connectivity index (χ3n) is 6.36. The molecule has 0 unspecified atom stereocenters. The van der Waals surface area contributed by atoms with Crippen molar-refractivity contribution in [3.05, 3.63) is 35.4 Å². The molecule has 5 heteroatoms. The molecule has 2 aliphatic heterocycles. The third-order valence-corrected chi connectivity index (χ3v) is 6.36. The van der Waals surface area contributed by atoms with Crippen LogP contribution in [0.2, 0.25) is 0 Å². The Bertz CT molecular complexity index is 776. The lowest BCUT2D eigenvalue weighted by atomic mass is 9.74. The van der Waals surface area contributed by atoms with Crippen molar-refractivity contribution in [1.29, 1.82) is 0 Å². The molecule has 2 amide bonds. The second-order valence-corrected chi connectivity index (χ2v) is 9.00. The summed E-state index contributed by atoms with van der Waals surface area (Å²) in [5.41, 5.74) is 2.31. The van der Waals surface area contributed by atoms with Crippen molar-refractivity contribution in [2.45, 2.75) is 63.6 Å². The predicted molar refractivity (Wildman–Crippen MR) is 115 cm³/mol. The molecule has 4 rings (SSSR count). The van der Waals surface area contributed by atoms with Gasteiger partial charge in [-0.15, -0.1) is 0 Å². The van der Waals surface area contributed by atoms with E-state index in [1.807, 2.05) is 18.7 Å². The molecule has 0 radical (unpaired) electrons. The monoisotopic (exact) mass is 395 g/mol. The first kappa shape index (κ1) is 20.3. The van der Waals surface area contributed by atoms with Crippen LogP contribution in [0.3, 0.4) is 0 Å². The Morgan fingerprint density at radius 2 is 1.93 bits per heavy atom. The predicted octanol–water partition coefficient (Wildman–Crippen LogP) is 2.79. The molecular weight excluding hydrogens is 362 g/mol. The lowest BCUT2D eigenvalue weighted by Crippen LogP contribution is -2.68. The molecule has 5 nitrogen and oxygen atoms in total. The van der Waals surface area contributed by atoms with Crippen LogP contribution in [-0.2, 0) is 0 Å². The number of nitrogens with one attached hydrogen (secondary N) is 1. The van der Waals surface area contributed by atoms with Crippen molar-refractivity contribution in [1.82, 2.24) is 15.1 Å². The molecule has 0 bridgehead atoms. The first-order valence-corrected chi connectivity index (χ1v) is 11.1. The molecule has 1 saturated carbocycles. The van der Waals surface area contributed by atoms with E-state index in [1.165, 1.54) is 18.4 Å². The molecule has 3 aliphatic rings. The number of aliphatic hydroxyl groups excluding tert-OH is 1. The summed E-state index contributed by atoms with van der Waals surface area (Å²) in [7, 11) is 0. The Labute approximate surface area is 174 Å². The SMILES string of the molecule is CC(C)NC(=O)N1CCCCN2[C@H](C1)[C@@H](c1ccc(C#CC3CC3)cc1)[C@@H]2CO. The molecule has 2 heterocycles. The minimum Gasteiger partial charge on any atom is -0.395 e. The molecule has 3 fully saturated rings. The molecule has 29 heavy (non-hydrogen) atoms. The molecule has 1 aromatic carbocycles. The van der Waals surface area contributed by atoms with Gasteiger partial charge in [0, 0.05) is 48.6 Å². The highest BCUT2D eigenvalue weighted by molar-refractivity contribution is 5.74. The van der Waals surface area contributed by atoms with E-state index in [0.29, 0.717) is 12.5 Å². The highest BCUT2D eigenvalue weighted by Gasteiger charge is 2.49. The summed E-state index contributed by atoms with van der Waals surface area (Å²) in [6.45, 7) is 6.66. The summed E-state index contributed by atoms with van der Waals surface area (Å²) in [6, 6.07) is 9.10. The van der Waals surface area contributed by atoms with Gasteiger partial charge in [0.2, 0.25) is 0 Å². The van der Waals surface area contributed by atoms with Gasteiger partial charge in [-0.05, 0) is 63.8 Å². The van der Waals surface area contributed by atoms with Gasteiger partial charge in [-0.2, -0.15) is 0 Å². The molecule has 3 atom stereocenters. The molecule has 156 valence electrons. The van der Waals surface area contributed by atoms with Crippen LogP contribution >= 0.6 is 0 Å². The fourth-order valence-corrected chi connectivity index (χ4v) is 4.66. The lowest BCUT2D eigenvalue weighted by Gasteiger charge is -2.57. The maximum absolute atomic E-state index is 12.7.